The quantitative estimate of drug-likeness (QED) is 0.664. The van der Waals surface area contributed by atoms with Gasteiger partial charge in [0, 0.05) is 6.08 Å². The topological polar surface area (TPSA) is 46.5 Å². The van der Waals surface area contributed by atoms with E-state index in [2.05, 4.69) is 4.74 Å². The van der Waals surface area contributed by atoms with Gasteiger partial charge in [-0.25, -0.2) is 9.18 Å². The van der Waals surface area contributed by atoms with Crippen molar-refractivity contribution in [3.8, 4) is 5.75 Å². The highest BCUT2D eigenvalue weighted by atomic mass is 19.4. The molecular weight excluding hydrogens is 268 g/mol. The Labute approximate surface area is 106 Å². The third kappa shape index (κ3) is 4.61. The molecule has 1 N–H and O–H groups in total. The summed E-state index contributed by atoms with van der Waals surface area (Å²) in [6.07, 6.45) is -2.92. The van der Waals surface area contributed by atoms with Gasteiger partial charge in [0.05, 0.1) is 5.56 Å². The number of hydrogen-bond donors (Lipinski definition) is 1. The molecule has 0 radical (unpaired) electrons. The zero-order chi connectivity index (χ0) is 14.5. The number of alkyl halides is 4. The molecule has 0 unspecified atom stereocenters. The van der Waals surface area contributed by atoms with Crippen LogP contribution in [0.3, 0.4) is 0 Å². The first-order valence-corrected chi connectivity index (χ1v) is 5.15. The molecule has 1 aromatic carbocycles. The summed E-state index contributed by atoms with van der Waals surface area (Å²) in [5.74, 6) is -1.76. The maximum Gasteiger partial charge on any atom is 0.419 e. The van der Waals surface area contributed by atoms with Crippen LogP contribution >= 0.6 is 0 Å². The minimum absolute atomic E-state index is 0.0577. The fraction of sp³-hybridized carbons (Fsp3) is 0.250. The van der Waals surface area contributed by atoms with Crippen LogP contribution in [0.15, 0.2) is 24.3 Å². The Hall–Kier alpha value is -2.05. The van der Waals surface area contributed by atoms with Crippen LogP contribution in [0, 0.1) is 0 Å². The molecule has 7 heteroatoms. The fourth-order valence-electron chi connectivity index (χ4n) is 1.31. The summed E-state index contributed by atoms with van der Waals surface area (Å²) >= 11 is 0. The van der Waals surface area contributed by atoms with Crippen molar-refractivity contribution in [2.45, 2.75) is 6.18 Å². The van der Waals surface area contributed by atoms with Crippen molar-refractivity contribution in [3.63, 3.8) is 0 Å². The SMILES string of the molecule is O=C(O)/C=C/c1ccc(OCCF)c(C(F)(F)F)c1. The zero-order valence-corrected chi connectivity index (χ0v) is 9.58. The Balaban J connectivity index is 3.12. The van der Waals surface area contributed by atoms with E-state index >= 15 is 0 Å². The van der Waals surface area contributed by atoms with Gasteiger partial charge in [-0.05, 0) is 23.8 Å². The van der Waals surface area contributed by atoms with Crippen LogP contribution in [-0.2, 0) is 11.0 Å². The smallest absolute Gasteiger partial charge is 0.419 e. The van der Waals surface area contributed by atoms with Gasteiger partial charge in [-0.1, -0.05) is 6.07 Å². The van der Waals surface area contributed by atoms with Gasteiger partial charge in [0.2, 0.25) is 0 Å². The fourth-order valence-corrected chi connectivity index (χ4v) is 1.31. The van der Waals surface area contributed by atoms with Crippen LogP contribution in [0.25, 0.3) is 6.08 Å². The molecule has 0 aliphatic heterocycles. The van der Waals surface area contributed by atoms with Crippen LogP contribution in [0.5, 0.6) is 5.75 Å². The van der Waals surface area contributed by atoms with Gasteiger partial charge in [0.15, 0.2) is 0 Å². The molecule has 1 aromatic rings. The second-order valence-electron chi connectivity index (χ2n) is 3.46. The van der Waals surface area contributed by atoms with E-state index in [4.69, 9.17) is 5.11 Å². The van der Waals surface area contributed by atoms with Gasteiger partial charge in [-0.2, -0.15) is 13.2 Å². The predicted molar refractivity (Wildman–Crippen MR) is 59.6 cm³/mol. The molecule has 0 fully saturated rings. The van der Waals surface area contributed by atoms with Gasteiger partial charge >= 0.3 is 12.1 Å². The number of carboxylic acid groups (broad SMARTS) is 1. The standard InChI is InChI=1S/C12H10F4O3/c13-5-6-19-10-3-1-8(2-4-11(17)18)7-9(10)12(14,15)16/h1-4,7H,5-6H2,(H,17,18)/b4-2+. The molecule has 0 aliphatic rings. The van der Waals surface area contributed by atoms with Crippen molar-refractivity contribution in [2.24, 2.45) is 0 Å². The van der Waals surface area contributed by atoms with Crippen molar-refractivity contribution >= 4 is 12.0 Å². The lowest BCUT2D eigenvalue weighted by Crippen LogP contribution is -2.10. The minimum atomic E-state index is -4.67. The number of carboxylic acids is 1. The van der Waals surface area contributed by atoms with E-state index in [0.29, 0.717) is 0 Å². The molecule has 0 amide bonds. The van der Waals surface area contributed by atoms with Crippen molar-refractivity contribution in [3.05, 3.63) is 35.4 Å². The first-order valence-electron chi connectivity index (χ1n) is 5.15. The Morgan fingerprint density at radius 3 is 2.58 bits per heavy atom. The van der Waals surface area contributed by atoms with Crippen molar-refractivity contribution < 1.29 is 32.2 Å². The number of ether oxygens (including phenoxy) is 1. The Morgan fingerprint density at radius 2 is 2.05 bits per heavy atom. The van der Waals surface area contributed by atoms with E-state index < -0.39 is 36.7 Å². The molecule has 0 atom stereocenters. The Bertz CT molecular complexity index is 480. The highest BCUT2D eigenvalue weighted by Crippen LogP contribution is 2.37. The minimum Gasteiger partial charge on any atom is -0.490 e. The van der Waals surface area contributed by atoms with Crippen LogP contribution in [0.1, 0.15) is 11.1 Å². The molecule has 0 heterocycles. The maximum atomic E-state index is 12.7. The average Bonchev–Trinajstić information content (AvgIpc) is 2.33. The lowest BCUT2D eigenvalue weighted by molar-refractivity contribution is -0.139. The number of halogens is 4. The molecule has 19 heavy (non-hydrogen) atoms. The second kappa shape index (κ2) is 6.21. The molecular formula is C12H10F4O3. The number of hydrogen-bond acceptors (Lipinski definition) is 2. The first-order chi connectivity index (χ1) is 8.84. The second-order valence-corrected chi connectivity index (χ2v) is 3.46. The van der Waals surface area contributed by atoms with E-state index in [9.17, 15) is 22.4 Å². The van der Waals surface area contributed by atoms with Crippen molar-refractivity contribution in [1.82, 2.24) is 0 Å². The van der Waals surface area contributed by atoms with E-state index in [0.717, 1.165) is 24.3 Å². The average molecular weight is 278 g/mol. The first kappa shape index (κ1) is 15.0. The predicted octanol–water partition coefficient (Wildman–Crippen LogP) is 3.15. The Morgan fingerprint density at radius 1 is 1.37 bits per heavy atom. The summed E-state index contributed by atoms with van der Waals surface area (Å²) in [6, 6.07) is 3.02. The van der Waals surface area contributed by atoms with E-state index in [1.54, 1.807) is 0 Å². The molecule has 0 bridgehead atoms. The summed E-state index contributed by atoms with van der Waals surface area (Å²) in [4.78, 5) is 10.3. The maximum absolute atomic E-state index is 12.7. The number of aliphatic carboxylic acids is 1. The van der Waals surface area contributed by atoms with Crippen LogP contribution in [-0.4, -0.2) is 24.4 Å². The zero-order valence-electron chi connectivity index (χ0n) is 9.58. The Kier molecular flexibility index (Phi) is 4.91. The molecule has 1 rings (SSSR count). The van der Waals surface area contributed by atoms with E-state index in [1.165, 1.54) is 6.07 Å². The van der Waals surface area contributed by atoms with E-state index in [-0.39, 0.29) is 5.56 Å². The number of carbonyl (C=O) groups is 1. The summed E-state index contributed by atoms with van der Waals surface area (Å²) < 4.78 is 54.8. The highest BCUT2D eigenvalue weighted by molar-refractivity contribution is 5.85. The van der Waals surface area contributed by atoms with Gasteiger partial charge in [0.1, 0.15) is 19.0 Å². The highest BCUT2D eigenvalue weighted by Gasteiger charge is 2.34. The molecule has 0 spiro atoms. The summed E-state index contributed by atoms with van der Waals surface area (Å²) in [5, 5.41) is 8.40. The monoisotopic (exact) mass is 278 g/mol. The van der Waals surface area contributed by atoms with Crippen molar-refractivity contribution in [1.29, 1.82) is 0 Å². The third-order valence-electron chi connectivity index (χ3n) is 2.06. The van der Waals surface area contributed by atoms with Gasteiger partial charge in [0.25, 0.3) is 0 Å². The largest absolute Gasteiger partial charge is 0.490 e. The lowest BCUT2D eigenvalue weighted by atomic mass is 10.1. The molecule has 104 valence electrons. The van der Waals surface area contributed by atoms with Crippen molar-refractivity contribution in [2.75, 3.05) is 13.3 Å². The number of benzene rings is 1. The molecule has 3 nitrogen and oxygen atoms in total. The summed E-state index contributed by atoms with van der Waals surface area (Å²) in [7, 11) is 0. The molecule has 0 aromatic heterocycles. The van der Waals surface area contributed by atoms with Gasteiger partial charge < -0.3 is 9.84 Å². The van der Waals surface area contributed by atoms with Crippen LogP contribution in [0.4, 0.5) is 17.6 Å². The van der Waals surface area contributed by atoms with Crippen LogP contribution < -0.4 is 4.74 Å². The lowest BCUT2D eigenvalue weighted by Gasteiger charge is -2.13. The number of rotatable bonds is 5. The normalized spacial score (nSPS) is 11.8. The van der Waals surface area contributed by atoms with Crippen LogP contribution in [0.2, 0.25) is 0 Å². The van der Waals surface area contributed by atoms with Gasteiger partial charge in [-0.3, -0.25) is 0 Å². The molecule has 0 aliphatic carbocycles. The van der Waals surface area contributed by atoms with E-state index in [1.807, 2.05) is 0 Å². The molecule has 0 saturated heterocycles. The third-order valence-corrected chi connectivity index (χ3v) is 2.06. The summed E-state index contributed by atoms with van der Waals surface area (Å²) in [6.45, 7) is -1.38. The summed E-state index contributed by atoms with van der Waals surface area (Å²) in [5.41, 5.74) is -1.02. The van der Waals surface area contributed by atoms with Gasteiger partial charge in [-0.15, -0.1) is 0 Å². The molecule has 0 saturated carbocycles.